The SMILES string of the molecule is CC1(Oc2cccc3c2CCNC3)CCCSC1. The summed E-state index contributed by atoms with van der Waals surface area (Å²) in [5.41, 5.74) is 2.86. The van der Waals surface area contributed by atoms with E-state index in [2.05, 4.69) is 30.4 Å². The van der Waals surface area contributed by atoms with Crippen molar-refractivity contribution in [2.24, 2.45) is 0 Å². The Morgan fingerprint density at radius 3 is 3.17 bits per heavy atom. The highest BCUT2D eigenvalue weighted by Crippen LogP contribution is 2.34. The van der Waals surface area contributed by atoms with Crippen LogP contribution in [0, 0.1) is 0 Å². The Balaban J connectivity index is 1.83. The maximum atomic E-state index is 6.39. The van der Waals surface area contributed by atoms with E-state index < -0.39 is 0 Å². The Hall–Kier alpha value is -0.670. The molecule has 1 saturated heterocycles. The molecule has 2 aliphatic heterocycles. The van der Waals surface area contributed by atoms with Crippen molar-refractivity contribution >= 4 is 11.8 Å². The molecule has 2 heterocycles. The average molecular weight is 263 g/mol. The van der Waals surface area contributed by atoms with E-state index in [0.717, 1.165) is 31.0 Å². The molecule has 18 heavy (non-hydrogen) atoms. The van der Waals surface area contributed by atoms with Gasteiger partial charge in [-0.3, -0.25) is 0 Å². The summed E-state index contributed by atoms with van der Waals surface area (Å²) in [6.07, 6.45) is 3.55. The molecule has 3 heteroatoms. The van der Waals surface area contributed by atoms with Crippen LogP contribution in [0.4, 0.5) is 0 Å². The summed E-state index contributed by atoms with van der Waals surface area (Å²) < 4.78 is 6.39. The third kappa shape index (κ3) is 2.52. The first-order valence-corrected chi connectivity index (χ1v) is 8.01. The predicted molar refractivity (Wildman–Crippen MR) is 77.4 cm³/mol. The lowest BCUT2D eigenvalue weighted by atomic mass is 9.98. The van der Waals surface area contributed by atoms with Gasteiger partial charge in [-0.25, -0.2) is 0 Å². The van der Waals surface area contributed by atoms with Crippen molar-refractivity contribution in [3.63, 3.8) is 0 Å². The summed E-state index contributed by atoms with van der Waals surface area (Å²) in [7, 11) is 0. The van der Waals surface area contributed by atoms with Crippen LogP contribution in [-0.4, -0.2) is 23.7 Å². The normalized spacial score (nSPS) is 27.6. The van der Waals surface area contributed by atoms with Crippen molar-refractivity contribution in [2.75, 3.05) is 18.1 Å². The molecule has 2 aliphatic rings. The minimum Gasteiger partial charge on any atom is -0.486 e. The fourth-order valence-electron chi connectivity index (χ4n) is 2.85. The minimum absolute atomic E-state index is 0.0307. The Kier molecular flexibility index (Phi) is 3.53. The fraction of sp³-hybridized carbons (Fsp3) is 0.600. The molecule has 0 amide bonds. The third-order valence-corrected chi connectivity index (χ3v) is 5.25. The van der Waals surface area contributed by atoms with Gasteiger partial charge in [-0.2, -0.15) is 11.8 Å². The second-order valence-electron chi connectivity index (χ2n) is 5.53. The standard InChI is InChI=1S/C15H21NOS/c1-15(7-3-9-18-11-15)17-14-5-2-4-12-10-16-8-6-13(12)14/h2,4-5,16H,3,6-11H2,1H3. The maximum Gasteiger partial charge on any atom is 0.123 e. The van der Waals surface area contributed by atoms with Crippen LogP contribution in [0.5, 0.6) is 5.75 Å². The Morgan fingerprint density at radius 2 is 2.33 bits per heavy atom. The van der Waals surface area contributed by atoms with Gasteiger partial charge in [0, 0.05) is 12.3 Å². The topological polar surface area (TPSA) is 21.3 Å². The second kappa shape index (κ2) is 5.14. The van der Waals surface area contributed by atoms with Crippen molar-refractivity contribution in [2.45, 2.75) is 38.3 Å². The van der Waals surface area contributed by atoms with E-state index in [0.29, 0.717) is 0 Å². The van der Waals surface area contributed by atoms with E-state index in [4.69, 9.17) is 4.74 Å². The lowest BCUT2D eigenvalue weighted by Crippen LogP contribution is -2.38. The van der Waals surface area contributed by atoms with Gasteiger partial charge < -0.3 is 10.1 Å². The van der Waals surface area contributed by atoms with Crippen molar-refractivity contribution in [3.05, 3.63) is 29.3 Å². The molecule has 0 radical (unpaired) electrons. The number of hydrogen-bond acceptors (Lipinski definition) is 3. The molecule has 0 spiro atoms. The van der Waals surface area contributed by atoms with Crippen LogP contribution >= 0.6 is 11.8 Å². The monoisotopic (exact) mass is 263 g/mol. The molecular weight excluding hydrogens is 242 g/mol. The van der Waals surface area contributed by atoms with Gasteiger partial charge in [-0.05, 0) is 55.7 Å². The number of hydrogen-bond donors (Lipinski definition) is 1. The quantitative estimate of drug-likeness (QED) is 0.886. The summed E-state index contributed by atoms with van der Waals surface area (Å²) in [6, 6.07) is 6.49. The molecule has 1 aromatic rings. The first-order valence-electron chi connectivity index (χ1n) is 6.85. The van der Waals surface area contributed by atoms with Crippen molar-refractivity contribution in [3.8, 4) is 5.75 Å². The molecule has 2 nitrogen and oxygen atoms in total. The van der Waals surface area contributed by atoms with E-state index >= 15 is 0 Å². The van der Waals surface area contributed by atoms with E-state index in [1.54, 1.807) is 0 Å². The van der Waals surface area contributed by atoms with Gasteiger partial charge in [0.05, 0.1) is 0 Å². The summed E-state index contributed by atoms with van der Waals surface area (Å²) in [5.74, 6) is 3.53. The molecule has 1 fully saturated rings. The fourth-order valence-corrected chi connectivity index (χ4v) is 3.97. The number of fused-ring (bicyclic) bond motifs is 1. The first-order chi connectivity index (χ1) is 8.77. The average Bonchev–Trinajstić information content (AvgIpc) is 2.40. The van der Waals surface area contributed by atoms with E-state index in [9.17, 15) is 0 Å². The van der Waals surface area contributed by atoms with Crippen molar-refractivity contribution in [1.82, 2.24) is 5.32 Å². The van der Waals surface area contributed by atoms with Crippen LogP contribution in [0.1, 0.15) is 30.9 Å². The Morgan fingerprint density at radius 1 is 1.39 bits per heavy atom. The smallest absolute Gasteiger partial charge is 0.123 e. The van der Waals surface area contributed by atoms with E-state index in [-0.39, 0.29) is 5.60 Å². The van der Waals surface area contributed by atoms with Gasteiger partial charge in [0.25, 0.3) is 0 Å². The van der Waals surface area contributed by atoms with Gasteiger partial charge in [0.15, 0.2) is 0 Å². The summed E-state index contributed by atoms with van der Waals surface area (Å²) in [4.78, 5) is 0. The van der Waals surface area contributed by atoms with Crippen molar-refractivity contribution < 1.29 is 4.74 Å². The molecule has 1 unspecified atom stereocenters. The zero-order valence-corrected chi connectivity index (χ0v) is 11.8. The summed E-state index contributed by atoms with van der Waals surface area (Å²) in [6.45, 7) is 4.32. The van der Waals surface area contributed by atoms with Crippen LogP contribution in [0.2, 0.25) is 0 Å². The molecule has 1 atom stereocenters. The van der Waals surface area contributed by atoms with Crippen LogP contribution < -0.4 is 10.1 Å². The minimum atomic E-state index is 0.0307. The molecular formula is C15H21NOS. The molecule has 98 valence electrons. The molecule has 0 aliphatic carbocycles. The zero-order valence-electron chi connectivity index (χ0n) is 11.0. The largest absolute Gasteiger partial charge is 0.486 e. The summed E-state index contributed by atoms with van der Waals surface area (Å²) >= 11 is 2.02. The van der Waals surface area contributed by atoms with Crippen LogP contribution in [-0.2, 0) is 13.0 Å². The van der Waals surface area contributed by atoms with E-state index in [1.165, 1.54) is 29.7 Å². The summed E-state index contributed by atoms with van der Waals surface area (Å²) in [5, 5.41) is 3.42. The molecule has 0 bridgehead atoms. The molecule has 0 aromatic heterocycles. The number of ether oxygens (including phenoxy) is 1. The first kappa shape index (κ1) is 12.4. The predicted octanol–water partition coefficient (Wildman–Crippen LogP) is 3.00. The number of rotatable bonds is 2. The van der Waals surface area contributed by atoms with Crippen LogP contribution in [0.3, 0.4) is 0 Å². The van der Waals surface area contributed by atoms with Crippen LogP contribution in [0.15, 0.2) is 18.2 Å². The van der Waals surface area contributed by atoms with Gasteiger partial charge in [0.2, 0.25) is 0 Å². The van der Waals surface area contributed by atoms with Gasteiger partial charge in [0.1, 0.15) is 11.4 Å². The lowest BCUT2D eigenvalue weighted by Gasteiger charge is -2.35. The van der Waals surface area contributed by atoms with E-state index in [1.807, 2.05) is 11.8 Å². The molecule has 3 rings (SSSR count). The Labute approximate surface area is 113 Å². The lowest BCUT2D eigenvalue weighted by molar-refractivity contribution is 0.0992. The van der Waals surface area contributed by atoms with Gasteiger partial charge in [-0.1, -0.05) is 12.1 Å². The number of thioether (sulfide) groups is 1. The molecule has 1 aromatic carbocycles. The maximum absolute atomic E-state index is 6.39. The second-order valence-corrected chi connectivity index (χ2v) is 6.63. The number of nitrogens with one attached hydrogen (secondary N) is 1. The molecule has 1 N–H and O–H groups in total. The van der Waals surface area contributed by atoms with Crippen LogP contribution in [0.25, 0.3) is 0 Å². The zero-order chi connectivity index (χ0) is 12.4. The highest BCUT2D eigenvalue weighted by molar-refractivity contribution is 7.99. The van der Waals surface area contributed by atoms with Gasteiger partial charge in [-0.15, -0.1) is 0 Å². The van der Waals surface area contributed by atoms with Gasteiger partial charge >= 0.3 is 0 Å². The van der Waals surface area contributed by atoms with Crippen molar-refractivity contribution in [1.29, 1.82) is 0 Å². The Bertz CT molecular complexity index is 427. The number of benzene rings is 1. The molecule has 0 saturated carbocycles. The highest BCUT2D eigenvalue weighted by Gasteiger charge is 2.30. The highest BCUT2D eigenvalue weighted by atomic mass is 32.2. The third-order valence-electron chi connectivity index (χ3n) is 3.86.